The molecule has 0 saturated heterocycles. The molecule has 30 heavy (non-hydrogen) atoms. The van der Waals surface area contributed by atoms with Gasteiger partial charge in [0.05, 0.1) is 0 Å². The summed E-state index contributed by atoms with van der Waals surface area (Å²) in [4.78, 5) is 0. The zero-order valence-corrected chi connectivity index (χ0v) is 12.6. The van der Waals surface area contributed by atoms with Gasteiger partial charge in [0.25, 0.3) is 0 Å². The first-order valence-electron chi connectivity index (χ1n) is 6.28. The maximum Gasteiger partial charge on any atom is 0.457 e. The fourth-order valence-electron chi connectivity index (χ4n) is 2.64. The molecule has 0 heterocycles. The van der Waals surface area contributed by atoms with Crippen molar-refractivity contribution < 1.29 is 87.8 Å². The van der Waals surface area contributed by atoms with E-state index in [2.05, 4.69) is 0 Å². The molecule has 180 valence electrons. The van der Waals surface area contributed by atoms with Gasteiger partial charge in [0, 0.05) is 0 Å². The van der Waals surface area contributed by atoms with E-state index in [1.54, 1.807) is 0 Å². The Kier molecular flexibility index (Phi) is 5.05. The van der Waals surface area contributed by atoms with Gasteiger partial charge in [-0.2, -0.15) is 74.6 Å². The van der Waals surface area contributed by atoms with Crippen molar-refractivity contribution in [3.63, 3.8) is 0 Å². The highest BCUT2D eigenvalue weighted by molar-refractivity contribution is 5.38. The summed E-state index contributed by atoms with van der Waals surface area (Å²) in [7, 11) is 0. The van der Waals surface area contributed by atoms with E-state index < -0.39 is 59.2 Å². The van der Waals surface area contributed by atoms with Crippen LogP contribution >= 0.6 is 0 Å². The van der Waals surface area contributed by atoms with Gasteiger partial charge in [0.2, 0.25) is 0 Å². The van der Waals surface area contributed by atoms with Crippen molar-refractivity contribution in [3.05, 3.63) is 0 Å². The highest BCUT2D eigenvalue weighted by atomic mass is 19.4. The molecule has 0 aromatic carbocycles. The SMILES string of the molecule is FC(F)(F)C(F)(F)C1(F)C(F)(F)C(F)(F)C(F)(C(F)(F)F)C(F)(F)C1(F)C(F)(F)F. The molecule has 1 rings (SSSR count). The minimum Gasteiger partial charge on any atom is -0.225 e. The van der Waals surface area contributed by atoms with Crippen LogP contribution in [0.15, 0.2) is 0 Å². The lowest BCUT2D eigenvalue weighted by atomic mass is 9.58. The lowest BCUT2D eigenvalue weighted by Gasteiger charge is -2.59. The summed E-state index contributed by atoms with van der Waals surface area (Å²) in [5.74, 6) is -35.8. The van der Waals surface area contributed by atoms with Gasteiger partial charge in [0.1, 0.15) is 0 Å². The van der Waals surface area contributed by atoms with Gasteiger partial charge in [0.15, 0.2) is 0 Å². The van der Waals surface area contributed by atoms with Gasteiger partial charge in [-0.05, 0) is 0 Å². The second-order valence-electron chi connectivity index (χ2n) is 5.77. The number of hydrogen-bond acceptors (Lipinski definition) is 0. The Labute approximate surface area is 148 Å². The molecule has 0 N–H and O–H groups in total. The van der Waals surface area contributed by atoms with Gasteiger partial charge in [-0.25, -0.2) is 13.2 Å². The summed E-state index contributed by atoms with van der Waals surface area (Å²) in [6.45, 7) is 0. The van der Waals surface area contributed by atoms with Gasteiger partial charge < -0.3 is 0 Å². The summed E-state index contributed by atoms with van der Waals surface area (Å²) in [5.41, 5.74) is -27.3. The van der Waals surface area contributed by atoms with Crippen molar-refractivity contribution >= 4 is 0 Å². The molecule has 3 atom stereocenters. The molecule has 1 saturated carbocycles. The standard InChI is InChI=1S/C10F20/c11-1(7(20,21)10(28,29)30)2(12,8(22,23)24)4(14,15)3(13,9(25,26)27)6(18,19)5(1,16)17. The Morgan fingerprint density at radius 3 is 0.833 bits per heavy atom. The second kappa shape index (κ2) is 5.69. The molecule has 1 fully saturated rings. The molecule has 0 bridgehead atoms. The number of rotatable bonds is 1. The van der Waals surface area contributed by atoms with Crippen LogP contribution in [0.1, 0.15) is 0 Å². The van der Waals surface area contributed by atoms with Gasteiger partial charge in [-0.15, -0.1) is 0 Å². The van der Waals surface area contributed by atoms with Crippen LogP contribution in [0.25, 0.3) is 0 Å². The van der Waals surface area contributed by atoms with E-state index in [-0.39, 0.29) is 0 Å². The van der Waals surface area contributed by atoms with Crippen molar-refractivity contribution in [1.82, 2.24) is 0 Å². The topological polar surface area (TPSA) is 0 Å². The van der Waals surface area contributed by atoms with Gasteiger partial charge in [-0.3, -0.25) is 0 Å². The van der Waals surface area contributed by atoms with Crippen LogP contribution in [0.5, 0.6) is 0 Å². The van der Waals surface area contributed by atoms with Crippen LogP contribution < -0.4 is 0 Å². The summed E-state index contributed by atoms with van der Waals surface area (Å²) >= 11 is 0. The number of hydrogen-bond donors (Lipinski definition) is 0. The second-order valence-corrected chi connectivity index (χ2v) is 5.77. The Hall–Kier alpha value is -1.40. The monoisotopic (exact) mass is 500 g/mol. The van der Waals surface area contributed by atoms with Gasteiger partial charge >= 0.3 is 59.2 Å². The number of alkyl halides is 20. The van der Waals surface area contributed by atoms with E-state index in [1.807, 2.05) is 0 Å². The highest BCUT2D eigenvalue weighted by Gasteiger charge is 3.11. The Morgan fingerprint density at radius 1 is 0.333 bits per heavy atom. The zero-order chi connectivity index (χ0) is 25.0. The lowest BCUT2D eigenvalue weighted by molar-refractivity contribution is -0.534. The van der Waals surface area contributed by atoms with Crippen molar-refractivity contribution in [2.45, 2.75) is 59.2 Å². The lowest BCUT2D eigenvalue weighted by Crippen LogP contribution is -2.94. The molecule has 1 aliphatic rings. The van der Waals surface area contributed by atoms with Crippen LogP contribution in [-0.2, 0) is 0 Å². The van der Waals surface area contributed by atoms with E-state index >= 15 is 0 Å². The van der Waals surface area contributed by atoms with E-state index in [0.29, 0.717) is 0 Å². The van der Waals surface area contributed by atoms with E-state index in [1.165, 1.54) is 0 Å². The summed E-state index contributed by atoms with van der Waals surface area (Å²) in [6.07, 6.45) is -25.4. The first-order chi connectivity index (χ1) is 12.5. The largest absolute Gasteiger partial charge is 0.457 e. The number of halogens is 20. The third kappa shape index (κ3) is 2.22. The summed E-state index contributed by atoms with van der Waals surface area (Å²) in [6, 6.07) is 0. The molecule has 20 heteroatoms. The summed E-state index contributed by atoms with van der Waals surface area (Å²) < 4.78 is 261. The maximum absolute atomic E-state index is 14.1. The minimum atomic E-state index is -9.24. The molecular weight excluding hydrogens is 500 g/mol. The Balaban J connectivity index is 4.48. The molecule has 0 radical (unpaired) electrons. The maximum atomic E-state index is 14.1. The smallest absolute Gasteiger partial charge is 0.225 e. The molecule has 0 aliphatic heterocycles. The highest BCUT2D eigenvalue weighted by Crippen LogP contribution is 2.77. The molecule has 0 nitrogen and oxygen atoms in total. The first-order valence-corrected chi connectivity index (χ1v) is 6.28. The zero-order valence-electron chi connectivity index (χ0n) is 12.6. The molecule has 0 amide bonds. The fraction of sp³-hybridized carbons (Fsp3) is 1.00. The Bertz CT molecular complexity index is 692. The van der Waals surface area contributed by atoms with E-state index in [0.717, 1.165) is 0 Å². The van der Waals surface area contributed by atoms with Crippen molar-refractivity contribution in [3.8, 4) is 0 Å². The molecule has 0 spiro atoms. The molecule has 1 aliphatic carbocycles. The molecule has 0 aromatic heterocycles. The van der Waals surface area contributed by atoms with Crippen LogP contribution in [0, 0.1) is 0 Å². The third-order valence-corrected chi connectivity index (χ3v) is 4.17. The van der Waals surface area contributed by atoms with E-state index in [9.17, 15) is 87.8 Å². The predicted molar refractivity (Wildman–Crippen MR) is 49.5 cm³/mol. The van der Waals surface area contributed by atoms with Crippen LogP contribution in [0.3, 0.4) is 0 Å². The van der Waals surface area contributed by atoms with Crippen molar-refractivity contribution in [2.75, 3.05) is 0 Å². The first kappa shape index (κ1) is 26.6. The molecule has 3 unspecified atom stereocenters. The van der Waals surface area contributed by atoms with Crippen LogP contribution in [0.2, 0.25) is 0 Å². The average molecular weight is 500 g/mol. The van der Waals surface area contributed by atoms with E-state index in [4.69, 9.17) is 0 Å². The minimum absolute atomic E-state index is 8.31. The van der Waals surface area contributed by atoms with Crippen LogP contribution in [-0.4, -0.2) is 59.2 Å². The normalized spacial score (nSPS) is 37.2. The Morgan fingerprint density at radius 2 is 0.600 bits per heavy atom. The van der Waals surface area contributed by atoms with Crippen LogP contribution in [0.4, 0.5) is 87.8 Å². The van der Waals surface area contributed by atoms with Crippen molar-refractivity contribution in [2.24, 2.45) is 0 Å². The van der Waals surface area contributed by atoms with Crippen molar-refractivity contribution in [1.29, 1.82) is 0 Å². The van der Waals surface area contributed by atoms with Gasteiger partial charge in [-0.1, -0.05) is 0 Å². The molecule has 0 aromatic rings. The predicted octanol–water partition coefficient (Wildman–Crippen LogP) is 6.35. The fourth-order valence-corrected chi connectivity index (χ4v) is 2.64. The molecular formula is C10F20. The summed E-state index contributed by atoms with van der Waals surface area (Å²) in [5, 5.41) is 0. The third-order valence-electron chi connectivity index (χ3n) is 4.17. The quantitative estimate of drug-likeness (QED) is 0.369. The average Bonchev–Trinajstić information content (AvgIpc) is 2.46.